The fourth-order valence-corrected chi connectivity index (χ4v) is 2.04. The van der Waals surface area contributed by atoms with Crippen LogP contribution in [0, 0.1) is 0 Å². The van der Waals surface area contributed by atoms with E-state index in [9.17, 15) is 4.79 Å². The van der Waals surface area contributed by atoms with Crippen molar-refractivity contribution in [3.63, 3.8) is 0 Å². The Morgan fingerprint density at radius 2 is 2.50 bits per heavy atom. The van der Waals surface area contributed by atoms with Crippen molar-refractivity contribution >= 4 is 17.9 Å². The Morgan fingerprint density at radius 3 is 3.08 bits per heavy atom. The number of cyclic esters (lactones) is 1. The predicted octanol–water partition coefficient (Wildman–Crippen LogP) is 1.93. The Morgan fingerprint density at radius 1 is 1.67 bits per heavy atom. The van der Waals surface area contributed by atoms with Gasteiger partial charge >= 0.3 is 6.09 Å². The number of hydrogen-bond donors (Lipinski definition) is 0. The molecule has 1 saturated heterocycles. The molecule has 0 aliphatic carbocycles. The van der Waals surface area contributed by atoms with Gasteiger partial charge in [-0.05, 0) is 12.2 Å². The van der Waals surface area contributed by atoms with Gasteiger partial charge in [0.2, 0.25) is 0 Å². The minimum atomic E-state index is -0.154. The number of ether oxygens (including phenoxy) is 1. The Kier molecular flexibility index (Phi) is 4.29. The van der Waals surface area contributed by atoms with Crippen LogP contribution < -0.4 is 0 Å². The van der Waals surface area contributed by atoms with E-state index in [2.05, 4.69) is 6.92 Å². The first-order chi connectivity index (χ1) is 5.84. The van der Waals surface area contributed by atoms with Crippen LogP contribution in [0.25, 0.3) is 0 Å². The maximum Gasteiger partial charge on any atom is 0.410 e. The number of carbonyl (C=O) groups excluding carboxylic acids is 1. The lowest BCUT2D eigenvalue weighted by molar-refractivity contribution is 0.162. The summed E-state index contributed by atoms with van der Waals surface area (Å²) in [5, 5.41) is 0. The van der Waals surface area contributed by atoms with Crippen LogP contribution >= 0.6 is 11.8 Å². The molecular formula is C8H15NO2S. The summed E-state index contributed by atoms with van der Waals surface area (Å²) in [6, 6.07) is 0. The molecule has 1 aliphatic heterocycles. The normalized spacial score (nSPS) is 16.8. The zero-order valence-electron chi connectivity index (χ0n) is 7.41. The lowest BCUT2D eigenvalue weighted by Gasteiger charge is -2.10. The number of nitrogens with zero attached hydrogens (tertiary/aromatic N) is 1. The highest BCUT2D eigenvalue weighted by Crippen LogP contribution is 2.11. The van der Waals surface area contributed by atoms with Gasteiger partial charge in [-0.1, -0.05) is 13.3 Å². The monoisotopic (exact) mass is 189 g/mol. The summed E-state index contributed by atoms with van der Waals surface area (Å²) in [4.78, 5) is 12.7. The van der Waals surface area contributed by atoms with Crippen LogP contribution in [-0.2, 0) is 4.74 Å². The topological polar surface area (TPSA) is 29.5 Å². The van der Waals surface area contributed by atoms with Crippen LogP contribution in [0.1, 0.15) is 19.8 Å². The van der Waals surface area contributed by atoms with Crippen molar-refractivity contribution in [2.75, 3.05) is 24.8 Å². The fraction of sp³-hybridized carbons (Fsp3) is 0.875. The summed E-state index contributed by atoms with van der Waals surface area (Å²) in [6.07, 6.45) is 2.30. The Balaban J connectivity index is 2.02. The molecule has 1 heterocycles. The molecule has 0 N–H and O–H groups in total. The molecule has 0 radical (unpaired) electrons. The van der Waals surface area contributed by atoms with E-state index in [1.54, 1.807) is 16.7 Å². The molecule has 0 aromatic heterocycles. The number of unbranched alkanes of at least 4 members (excludes halogenated alkanes) is 1. The van der Waals surface area contributed by atoms with Gasteiger partial charge in [0.25, 0.3) is 0 Å². The number of rotatable bonds is 5. The van der Waals surface area contributed by atoms with Gasteiger partial charge in [0.1, 0.15) is 6.61 Å². The molecule has 0 atom stereocenters. The zero-order chi connectivity index (χ0) is 8.81. The SMILES string of the molecule is CCCCSCN1CCOC1=O. The van der Waals surface area contributed by atoms with Gasteiger partial charge in [0.05, 0.1) is 12.4 Å². The summed E-state index contributed by atoms with van der Waals surface area (Å²) < 4.78 is 4.80. The molecule has 0 bridgehead atoms. The highest BCUT2D eigenvalue weighted by Gasteiger charge is 2.20. The van der Waals surface area contributed by atoms with Crippen LogP contribution in [0.15, 0.2) is 0 Å². The maximum absolute atomic E-state index is 10.9. The van der Waals surface area contributed by atoms with Gasteiger partial charge < -0.3 is 4.74 Å². The number of amides is 1. The van der Waals surface area contributed by atoms with E-state index in [0.717, 1.165) is 18.2 Å². The third-order valence-electron chi connectivity index (χ3n) is 1.73. The standard InChI is InChI=1S/C8H15NO2S/c1-2-3-6-12-7-9-4-5-11-8(9)10/h2-7H2,1H3. The molecule has 0 saturated carbocycles. The molecule has 1 aliphatic rings. The second kappa shape index (κ2) is 5.30. The minimum absolute atomic E-state index is 0.154. The smallest absolute Gasteiger partial charge is 0.410 e. The van der Waals surface area contributed by atoms with Crippen molar-refractivity contribution in [2.45, 2.75) is 19.8 Å². The van der Waals surface area contributed by atoms with Crippen LogP contribution in [0.4, 0.5) is 4.79 Å². The van der Waals surface area contributed by atoms with Crippen LogP contribution in [-0.4, -0.2) is 35.8 Å². The quantitative estimate of drug-likeness (QED) is 0.619. The first-order valence-corrected chi connectivity index (χ1v) is 5.49. The fourth-order valence-electron chi connectivity index (χ4n) is 0.964. The molecule has 0 spiro atoms. The molecule has 4 heteroatoms. The van der Waals surface area contributed by atoms with E-state index in [0.29, 0.717) is 6.61 Å². The minimum Gasteiger partial charge on any atom is -0.448 e. The van der Waals surface area contributed by atoms with E-state index < -0.39 is 0 Å². The maximum atomic E-state index is 10.9. The molecule has 0 aromatic carbocycles. The van der Waals surface area contributed by atoms with Gasteiger partial charge in [-0.2, -0.15) is 0 Å². The van der Waals surface area contributed by atoms with Crippen molar-refractivity contribution in [3.05, 3.63) is 0 Å². The van der Waals surface area contributed by atoms with Crippen LogP contribution in [0.2, 0.25) is 0 Å². The van der Waals surface area contributed by atoms with Crippen molar-refractivity contribution < 1.29 is 9.53 Å². The lowest BCUT2D eigenvalue weighted by atomic mass is 10.4. The zero-order valence-corrected chi connectivity index (χ0v) is 8.23. The summed E-state index contributed by atoms with van der Waals surface area (Å²) in [5.74, 6) is 1.93. The van der Waals surface area contributed by atoms with E-state index >= 15 is 0 Å². The molecular weight excluding hydrogens is 174 g/mol. The Bertz CT molecular complexity index is 152. The van der Waals surface area contributed by atoms with E-state index in [-0.39, 0.29) is 6.09 Å². The average Bonchev–Trinajstić information content (AvgIpc) is 2.46. The van der Waals surface area contributed by atoms with Gasteiger partial charge in [0.15, 0.2) is 0 Å². The van der Waals surface area contributed by atoms with Crippen LogP contribution in [0.3, 0.4) is 0 Å². The molecule has 1 fully saturated rings. The summed E-state index contributed by atoms with van der Waals surface area (Å²) in [7, 11) is 0. The van der Waals surface area contributed by atoms with Gasteiger partial charge in [-0.25, -0.2) is 4.79 Å². The lowest BCUT2D eigenvalue weighted by Crippen LogP contribution is -2.23. The second-order valence-electron chi connectivity index (χ2n) is 2.77. The van der Waals surface area contributed by atoms with Crippen molar-refractivity contribution in [3.8, 4) is 0 Å². The first-order valence-electron chi connectivity index (χ1n) is 4.34. The van der Waals surface area contributed by atoms with E-state index in [1.165, 1.54) is 12.8 Å². The highest BCUT2D eigenvalue weighted by molar-refractivity contribution is 7.99. The molecule has 70 valence electrons. The Labute approximate surface area is 77.4 Å². The predicted molar refractivity (Wildman–Crippen MR) is 50.3 cm³/mol. The molecule has 0 aromatic rings. The second-order valence-corrected chi connectivity index (χ2v) is 3.84. The molecule has 1 rings (SSSR count). The number of thioether (sulfide) groups is 1. The third kappa shape index (κ3) is 2.93. The van der Waals surface area contributed by atoms with Gasteiger partial charge in [0, 0.05) is 0 Å². The van der Waals surface area contributed by atoms with E-state index in [1.807, 2.05) is 0 Å². The van der Waals surface area contributed by atoms with Crippen molar-refractivity contribution in [1.29, 1.82) is 0 Å². The molecule has 3 nitrogen and oxygen atoms in total. The molecule has 1 amide bonds. The largest absolute Gasteiger partial charge is 0.448 e. The molecule has 12 heavy (non-hydrogen) atoms. The first kappa shape index (κ1) is 9.71. The number of hydrogen-bond acceptors (Lipinski definition) is 3. The number of carbonyl (C=O) groups is 1. The average molecular weight is 189 g/mol. The highest BCUT2D eigenvalue weighted by atomic mass is 32.2. The molecule has 0 unspecified atom stereocenters. The van der Waals surface area contributed by atoms with Gasteiger partial charge in [-0.3, -0.25) is 4.90 Å². The van der Waals surface area contributed by atoms with Crippen LogP contribution in [0.5, 0.6) is 0 Å². The van der Waals surface area contributed by atoms with Gasteiger partial charge in [-0.15, -0.1) is 11.8 Å². The summed E-state index contributed by atoms with van der Waals surface area (Å²) >= 11 is 1.80. The van der Waals surface area contributed by atoms with E-state index in [4.69, 9.17) is 4.74 Å². The summed E-state index contributed by atoms with van der Waals surface area (Å²) in [5.41, 5.74) is 0. The van der Waals surface area contributed by atoms with Crippen molar-refractivity contribution in [2.24, 2.45) is 0 Å². The Hall–Kier alpha value is -0.380. The van der Waals surface area contributed by atoms with Crippen molar-refractivity contribution in [1.82, 2.24) is 4.90 Å². The summed E-state index contributed by atoms with van der Waals surface area (Å²) in [6.45, 7) is 3.50. The third-order valence-corrected chi connectivity index (χ3v) is 2.81.